The van der Waals surface area contributed by atoms with E-state index < -0.39 is 0 Å². The zero-order valence-corrected chi connectivity index (χ0v) is 12.0. The smallest absolute Gasteiger partial charge is 0.272 e. The lowest BCUT2D eigenvalue weighted by Gasteiger charge is -2.04. The number of ketones is 1. The molecule has 21 heavy (non-hydrogen) atoms. The second-order valence-electron chi connectivity index (χ2n) is 4.95. The summed E-state index contributed by atoms with van der Waals surface area (Å²) in [5.74, 6) is 0.141. The number of nitro benzene ring substituents is 1. The third-order valence-corrected chi connectivity index (χ3v) is 3.38. The average Bonchev–Trinajstić information content (AvgIpc) is 2.94. The molecule has 0 aliphatic heterocycles. The summed E-state index contributed by atoms with van der Waals surface area (Å²) in [7, 11) is 0. The predicted octanol–water partition coefficient (Wildman–Crippen LogP) is 3.62. The van der Waals surface area contributed by atoms with E-state index in [0.717, 1.165) is 6.42 Å². The monoisotopic (exact) mass is 286 g/mol. The van der Waals surface area contributed by atoms with E-state index in [1.165, 1.54) is 6.07 Å². The third kappa shape index (κ3) is 3.78. The second kappa shape index (κ2) is 6.83. The van der Waals surface area contributed by atoms with Crippen LogP contribution in [0.2, 0.25) is 0 Å². The van der Waals surface area contributed by atoms with Crippen molar-refractivity contribution < 1.29 is 9.72 Å². The van der Waals surface area contributed by atoms with Crippen LogP contribution in [-0.4, -0.2) is 15.3 Å². The van der Waals surface area contributed by atoms with Crippen LogP contribution >= 0.6 is 0 Å². The largest absolute Gasteiger partial charge is 0.353 e. The van der Waals surface area contributed by atoms with E-state index in [1.54, 1.807) is 24.3 Å². The summed E-state index contributed by atoms with van der Waals surface area (Å²) in [5.41, 5.74) is 1.56. The number of hydrogen-bond acceptors (Lipinski definition) is 3. The molecule has 0 saturated carbocycles. The molecule has 1 aromatic heterocycles. The van der Waals surface area contributed by atoms with Crippen molar-refractivity contribution >= 4 is 11.5 Å². The highest BCUT2D eigenvalue weighted by atomic mass is 16.6. The topological polar surface area (TPSA) is 65.1 Å². The van der Waals surface area contributed by atoms with E-state index in [9.17, 15) is 14.9 Å². The van der Waals surface area contributed by atoms with E-state index in [2.05, 4.69) is 0 Å². The summed E-state index contributed by atoms with van der Waals surface area (Å²) >= 11 is 0. The number of aromatic nitrogens is 1. The van der Waals surface area contributed by atoms with Gasteiger partial charge in [-0.15, -0.1) is 0 Å². The lowest BCUT2D eigenvalue weighted by Crippen LogP contribution is -2.02. The molecule has 1 aromatic carbocycles. The highest BCUT2D eigenvalue weighted by molar-refractivity contribution is 5.95. The molecule has 0 aliphatic carbocycles. The van der Waals surface area contributed by atoms with Crippen molar-refractivity contribution in [1.82, 2.24) is 4.57 Å². The van der Waals surface area contributed by atoms with Gasteiger partial charge in [-0.1, -0.05) is 25.1 Å². The Hall–Kier alpha value is -2.43. The molecular formula is C16H18N2O3. The summed E-state index contributed by atoms with van der Waals surface area (Å²) in [6, 6.07) is 8.55. The Morgan fingerprint density at radius 3 is 2.76 bits per heavy atom. The summed E-state index contributed by atoms with van der Waals surface area (Å²) in [6.07, 6.45) is 5.60. The van der Waals surface area contributed by atoms with E-state index in [0.29, 0.717) is 30.5 Å². The van der Waals surface area contributed by atoms with Crippen molar-refractivity contribution in [3.63, 3.8) is 0 Å². The van der Waals surface area contributed by atoms with Crippen LogP contribution in [0.4, 0.5) is 5.69 Å². The van der Waals surface area contributed by atoms with Gasteiger partial charge in [0.1, 0.15) is 0 Å². The molecule has 0 spiro atoms. The molecule has 0 fully saturated rings. The fourth-order valence-corrected chi connectivity index (χ4v) is 2.27. The van der Waals surface area contributed by atoms with Crippen molar-refractivity contribution in [2.24, 2.45) is 0 Å². The van der Waals surface area contributed by atoms with Gasteiger partial charge >= 0.3 is 0 Å². The second-order valence-corrected chi connectivity index (χ2v) is 4.95. The predicted molar refractivity (Wildman–Crippen MR) is 80.5 cm³/mol. The van der Waals surface area contributed by atoms with Crippen molar-refractivity contribution in [3.8, 4) is 0 Å². The van der Waals surface area contributed by atoms with E-state index >= 15 is 0 Å². The van der Waals surface area contributed by atoms with E-state index in [-0.39, 0.29) is 16.4 Å². The van der Waals surface area contributed by atoms with Crippen molar-refractivity contribution in [1.29, 1.82) is 0 Å². The van der Waals surface area contributed by atoms with E-state index in [4.69, 9.17) is 0 Å². The maximum absolute atomic E-state index is 11.8. The Bertz CT molecular complexity index is 646. The van der Waals surface area contributed by atoms with Crippen LogP contribution in [0.25, 0.3) is 0 Å². The number of nitrogens with zero attached hydrogens (tertiary/aromatic N) is 2. The lowest BCUT2D eigenvalue weighted by atomic mass is 10.1. The fraction of sp³-hybridized carbons (Fsp3) is 0.312. The molecule has 2 rings (SSSR count). The van der Waals surface area contributed by atoms with Crippen LogP contribution in [0.3, 0.4) is 0 Å². The van der Waals surface area contributed by atoms with Crippen LogP contribution in [0, 0.1) is 10.1 Å². The first-order valence-corrected chi connectivity index (χ1v) is 7.03. The zero-order chi connectivity index (χ0) is 15.2. The number of Topliss-reactive ketones (excluding diaryl/α,β-unsaturated/α-hetero) is 1. The van der Waals surface area contributed by atoms with Gasteiger partial charge in [-0.2, -0.15) is 0 Å². The summed E-state index contributed by atoms with van der Waals surface area (Å²) < 4.78 is 1.90. The molecule has 0 aliphatic rings. The first-order valence-electron chi connectivity index (χ1n) is 7.03. The number of carbonyl (C=O) groups excluding carboxylic acids is 1. The molecule has 0 bridgehead atoms. The number of aryl methyl sites for hydroxylation is 2. The van der Waals surface area contributed by atoms with Crippen LogP contribution in [0.15, 0.2) is 42.7 Å². The van der Waals surface area contributed by atoms with E-state index in [1.807, 2.05) is 23.9 Å². The molecule has 0 atom stereocenters. The standard InChI is InChI=1S/C16H18N2O3/c1-2-5-16(19)14-9-11-17(12-14)10-8-13-6-3-4-7-15(13)18(20)21/h3-4,6-7,9,11-12H,2,5,8,10H2,1H3. The summed E-state index contributed by atoms with van der Waals surface area (Å²) in [6.45, 7) is 2.59. The number of benzene rings is 1. The number of nitro groups is 1. The lowest BCUT2D eigenvalue weighted by molar-refractivity contribution is -0.385. The Labute approximate surface area is 123 Å². The van der Waals surface area contributed by atoms with Gasteiger partial charge < -0.3 is 4.57 Å². The molecule has 2 aromatic rings. The van der Waals surface area contributed by atoms with Crippen LogP contribution in [-0.2, 0) is 13.0 Å². The fourth-order valence-electron chi connectivity index (χ4n) is 2.27. The molecule has 1 heterocycles. The molecule has 110 valence electrons. The normalized spacial score (nSPS) is 10.5. The van der Waals surface area contributed by atoms with Gasteiger partial charge in [0.05, 0.1) is 4.92 Å². The summed E-state index contributed by atoms with van der Waals surface area (Å²) in [4.78, 5) is 22.4. The highest BCUT2D eigenvalue weighted by Crippen LogP contribution is 2.19. The van der Waals surface area contributed by atoms with Gasteiger partial charge in [0.2, 0.25) is 0 Å². The minimum atomic E-state index is -0.360. The Kier molecular flexibility index (Phi) is 4.87. The summed E-state index contributed by atoms with van der Waals surface area (Å²) in [5, 5.41) is 11.0. The van der Waals surface area contributed by atoms with Gasteiger partial charge in [0, 0.05) is 42.6 Å². The van der Waals surface area contributed by atoms with Crippen LogP contribution in [0.5, 0.6) is 0 Å². The molecule has 0 N–H and O–H groups in total. The maximum Gasteiger partial charge on any atom is 0.272 e. The first-order chi connectivity index (χ1) is 10.1. The number of carbonyl (C=O) groups is 1. The molecule has 0 unspecified atom stereocenters. The highest BCUT2D eigenvalue weighted by Gasteiger charge is 2.12. The average molecular weight is 286 g/mol. The maximum atomic E-state index is 11.8. The minimum absolute atomic E-state index is 0.141. The molecular weight excluding hydrogens is 268 g/mol. The Balaban J connectivity index is 2.04. The van der Waals surface area contributed by atoms with Crippen molar-refractivity contribution in [2.45, 2.75) is 32.7 Å². The van der Waals surface area contributed by atoms with Crippen LogP contribution < -0.4 is 0 Å². The van der Waals surface area contributed by atoms with Crippen molar-refractivity contribution in [2.75, 3.05) is 0 Å². The minimum Gasteiger partial charge on any atom is -0.353 e. The van der Waals surface area contributed by atoms with Gasteiger partial charge in [0.25, 0.3) is 5.69 Å². The molecule has 0 saturated heterocycles. The molecule has 5 heteroatoms. The third-order valence-electron chi connectivity index (χ3n) is 3.38. The van der Waals surface area contributed by atoms with Crippen molar-refractivity contribution in [3.05, 3.63) is 64.0 Å². The molecule has 0 radical (unpaired) electrons. The van der Waals surface area contributed by atoms with Gasteiger partial charge in [-0.05, 0) is 18.9 Å². The molecule has 0 amide bonds. The molecule has 5 nitrogen and oxygen atoms in total. The zero-order valence-electron chi connectivity index (χ0n) is 12.0. The number of rotatable bonds is 7. The van der Waals surface area contributed by atoms with Crippen LogP contribution in [0.1, 0.15) is 35.7 Å². The van der Waals surface area contributed by atoms with Gasteiger partial charge in [-0.25, -0.2) is 0 Å². The van der Waals surface area contributed by atoms with Gasteiger partial charge in [0.15, 0.2) is 5.78 Å². The number of hydrogen-bond donors (Lipinski definition) is 0. The van der Waals surface area contributed by atoms with Gasteiger partial charge in [-0.3, -0.25) is 14.9 Å². The quantitative estimate of drug-likeness (QED) is 0.443. The Morgan fingerprint density at radius 1 is 1.29 bits per heavy atom. The first kappa shape index (κ1) is 15.0. The number of para-hydroxylation sites is 1. The Morgan fingerprint density at radius 2 is 2.05 bits per heavy atom. The SMILES string of the molecule is CCCC(=O)c1ccn(CCc2ccccc2[N+](=O)[O-])c1.